The monoisotopic (exact) mass is 142 g/mol. The van der Waals surface area contributed by atoms with Gasteiger partial charge in [0.15, 0.2) is 0 Å². The lowest BCUT2D eigenvalue weighted by molar-refractivity contribution is 0.127. The summed E-state index contributed by atoms with van der Waals surface area (Å²) in [7, 11) is 1.62. The highest BCUT2D eigenvalue weighted by atomic mass is 16.6. The van der Waals surface area contributed by atoms with Crippen molar-refractivity contribution in [3.63, 3.8) is 0 Å². The van der Waals surface area contributed by atoms with Gasteiger partial charge in [0.05, 0.1) is 7.11 Å². The van der Waals surface area contributed by atoms with Gasteiger partial charge in [0, 0.05) is 12.7 Å². The predicted molar refractivity (Wildman–Crippen MR) is 40.3 cm³/mol. The molecule has 1 heterocycles. The van der Waals surface area contributed by atoms with Crippen LogP contribution >= 0.6 is 0 Å². The molecule has 3 heteroatoms. The van der Waals surface area contributed by atoms with Gasteiger partial charge in [0.2, 0.25) is 0 Å². The van der Waals surface area contributed by atoms with Crippen LogP contribution in [0.5, 0.6) is 0 Å². The maximum absolute atomic E-state index is 4.69. The van der Waals surface area contributed by atoms with Gasteiger partial charge >= 0.3 is 0 Å². The summed E-state index contributed by atoms with van der Waals surface area (Å²) < 4.78 is 0. The molecular weight excluding hydrogens is 128 g/mol. The first-order valence-corrected chi connectivity index (χ1v) is 3.60. The second kappa shape index (κ2) is 4.30. The van der Waals surface area contributed by atoms with E-state index in [1.54, 1.807) is 7.11 Å². The van der Waals surface area contributed by atoms with Crippen LogP contribution in [0.4, 0.5) is 0 Å². The number of nitrogens with one attached hydrogen (secondary N) is 2. The molecule has 3 nitrogen and oxygen atoms in total. The van der Waals surface area contributed by atoms with E-state index in [9.17, 15) is 0 Å². The largest absolute Gasteiger partial charge is 0.313 e. The van der Waals surface area contributed by atoms with Gasteiger partial charge in [-0.15, -0.1) is 0 Å². The molecule has 10 heavy (non-hydrogen) atoms. The van der Waals surface area contributed by atoms with Gasteiger partial charge in [0.1, 0.15) is 0 Å². The van der Waals surface area contributed by atoms with Gasteiger partial charge in [-0.25, -0.2) is 0 Å². The van der Waals surface area contributed by atoms with Gasteiger partial charge < -0.3 is 5.32 Å². The summed E-state index contributed by atoms with van der Waals surface area (Å²) >= 11 is 0. The molecule has 1 saturated heterocycles. The van der Waals surface area contributed by atoms with E-state index >= 15 is 0 Å². The molecule has 1 aliphatic rings. The minimum Gasteiger partial charge on any atom is -0.313 e. The zero-order valence-electron chi connectivity index (χ0n) is 6.31. The second-order valence-corrected chi connectivity index (χ2v) is 2.40. The third kappa shape index (κ3) is 2.37. The van der Waals surface area contributed by atoms with Crippen molar-refractivity contribution in [2.24, 2.45) is 0 Å². The van der Waals surface area contributed by atoms with Crippen molar-refractivity contribution in [2.75, 3.05) is 20.2 Å². The smallest absolute Gasteiger partial charge is 0.0636 e. The minimum atomic E-state index is 0.996. The summed E-state index contributed by atoms with van der Waals surface area (Å²) in [4.78, 5) is 4.69. The fourth-order valence-electron chi connectivity index (χ4n) is 1.04. The Kier molecular flexibility index (Phi) is 3.26. The Morgan fingerprint density at radius 3 is 3.20 bits per heavy atom. The van der Waals surface area contributed by atoms with Crippen LogP contribution in [0.1, 0.15) is 12.8 Å². The molecule has 0 saturated carbocycles. The average molecular weight is 142 g/mol. The highest BCUT2D eigenvalue weighted by molar-refractivity contribution is 5.04. The molecule has 0 aromatic carbocycles. The first-order chi connectivity index (χ1) is 4.93. The fourth-order valence-corrected chi connectivity index (χ4v) is 1.04. The Morgan fingerprint density at radius 2 is 2.60 bits per heavy atom. The number of piperidine rings is 1. The first kappa shape index (κ1) is 7.57. The molecule has 0 amide bonds. The SMILES string of the molecule is CONC=C1CCCNC1. The molecule has 0 aromatic rings. The zero-order valence-corrected chi connectivity index (χ0v) is 6.31. The Hall–Kier alpha value is -0.540. The van der Waals surface area contributed by atoms with E-state index in [4.69, 9.17) is 4.84 Å². The quantitative estimate of drug-likeness (QED) is 0.548. The van der Waals surface area contributed by atoms with Gasteiger partial charge in [0.25, 0.3) is 0 Å². The average Bonchev–Trinajstić information content (AvgIpc) is 2.03. The van der Waals surface area contributed by atoms with Crippen LogP contribution in [-0.4, -0.2) is 20.2 Å². The van der Waals surface area contributed by atoms with E-state index in [1.165, 1.54) is 18.4 Å². The Morgan fingerprint density at radius 1 is 1.70 bits per heavy atom. The van der Waals surface area contributed by atoms with E-state index in [-0.39, 0.29) is 0 Å². The predicted octanol–water partition coefficient (Wildman–Crippen LogP) is 0.405. The van der Waals surface area contributed by atoms with E-state index in [0.29, 0.717) is 0 Å². The lowest BCUT2D eigenvalue weighted by Crippen LogP contribution is -2.24. The van der Waals surface area contributed by atoms with Crippen LogP contribution in [0.15, 0.2) is 11.8 Å². The minimum absolute atomic E-state index is 0.996. The third-order valence-corrected chi connectivity index (χ3v) is 1.58. The lowest BCUT2D eigenvalue weighted by Gasteiger charge is -2.14. The molecule has 0 aliphatic carbocycles. The van der Waals surface area contributed by atoms with Crippen molar-refractivity contribution in [1.82, 2.24) is 10.8 Å². The molecule has 1 fully saturated rings. The van der Waals surface area contributed by atoms with Crippen molar-refractivity contribution >= 4 is 0 Å². The van der Waals surface area contributed by atoms with Crippen LogP contribution in [0.25, 0.3) is 0 Å². The van der Waals surface area contributed by atoms with Gasteiger partial charge in [-0.3, -0.25) is 10.3 Å². The Balaban J connectivity index is 2.23. The molecular formula is C7H14N2O. The summed E-state index contributed by atoms with van der Waals surface area (Å²) in [5, 5.41) is 3.28. The van der Waals surface area contributed by atoms with Crippen molar-refractivity contribution in [3.05, 3.63) is 11.8 Å². The topological polar surface area (TPSA) is 33.3 Å². The molecule has 1 aliphatic heterocycles. The van der Waals surface area contributed by atoms with Crippen LogP contribution in [0, 0.1) is 0 Å². The molecule has 0 atom stereocenters. The number of hydrogen-bond donors (Lipinski definition) is 2. The van der Waals surface area contributed by atoms with E-state index < -0.39 is 0 Å². The first-order valence-electron chi connectivity index (χ1n) is 3.60. The summed E-state index contributed by atoms with van der Waals surface area (Å²) in [6.07, 6.45) is 4.34. The number of rotatable bonds is 2. The standard InChI is InChI=1S/C7H14N2O/c1-10-9-6-7-3-2-4-8-5-7/h6,8-9H,2-5H2,1H3. The molecule has 2 N–H and O–H groups in total. The van der Waals surface area contributed by atoms with E-state index in [0.717, 1.165) is 13.1 Å². The second-order valence-electron chi connectivity index (χ2n) is 2.40. The van der Waals surface area contributed by atoms with Gasteiger partial charge in [-0.1, -0.05) is 0 Å². The highest BCUT2D eigenvalue weighted by Crippen LogP contribution is 2.06. The zero-order chi connectivity index (χ0) is 7.23. The molecule has 0 aromatic heterocycles. The summed E-state index contributed by atoms with van der Waals surface area (Å²) in [5.74, 6) is 0. The van der Waals surface area contributed by atoms with E-state index in [2.05, 4.69) is 10.8 Å². The van der Waals surface area contributed by atoms with Gasteiger partial charge in [-0.05, 0) is 25.0 Å². The molecule has 0 radical (unpaired) electrons. The normalized spacial score (nSPS) is 23.1. The van der Waals surface area contributed by atoms with Crippen LogP contribution < -0.4 is 10.8 Å². The molecule has 58 valence electrons. The fraction of sp³-hybridized carbons (Fsp3) is 0.714. The number of hydroxylamine groups is 1. The Bertz CT molecular complexity index is 115. The molecule has 1 rings (SSSR count). The summed E-state index contributed by atoms with van der Waals surface area (Å²) in [5.41, 5.74) is 4.10. The molecule has 0 unspecified atom stereocenters. The van der Waals surface area contributed by atoms with Crippen LogP contribution in [0.2, 0.25) is 0 Å². The van der Waals surface area contributed by atoms with Crippen molar-refractivity contribution in [3.8, 4) is 0 Å². The summed E-state index contributed by atoms with van der Waals surface area (Å²) in [6.45, 7) is 2.14. The van der Waals surface area contributed by atoms with Gasteiger partial charge in [-0.2, -0.15) is 0 Å². The third-order valence-electron chi connectivity index (χ3n) is 1.58. The van der Waals surface area contributed by atoms with Crippen molar-refractivity contribution < 1.29 is 4.84 Å². The Labute approximate surface area is 61.4 Å². The molecule has 0 spiro atoms. The lowest BCUT2D eigenvalue weighted by atomic mass is 10.1. The summed E-state index contributed by atoms with van der Waals surface area (Å²) in [6, 6.07) is 0. The van der Waals surface area contributed by atoms with E-state index in [1.807, 2.05) is 6.20 Å². The number of hydrogen-bond acceptors (Lipinski definition) is 3. The maximum atomic E-state index is 4.69. The highest BCUT2D eigenvalue weighted by Gasteiger charge is 2.02. The van der Waals surface area contributed by atoms with Crippen LogP contribution in [-0.2, 0) is 4.84 Å². The van der Waals surface area contributed by atoms with Crippen molar-refractivity contribution in [2.45, 2.75) is 12.8 Å². The maximum Gasteiger partial charge on any atom is 0.0636 e. The van der Waals surface area contributed by atoms with Crippen molar-refractivity contribution in [1.29, 1.82) is 0 Å². The molecule has 0 bridgehead atoms. The van der Waals surface area contributed by atoms with Crippen LogP contribution in [0.3, 0.4) is 0 Å².